The van der Waals surface area contributed by atoms with E-state index in [0.717, 1.165) is 36.0 Å². The van der Waals surface area contributed by atoms with Gasteiger partial charge in [-0.1, -0.05) is 11.6 Å². The van der Waals surface area contributed by atoms with Crippen molar-refractivity contribution in [2.75, 3.05) is 34.8 Å². The highest BCUT2D eigenvalue weighted by Crippen LogP contribution is 2.34. The number of benzene rings is 1. The van der Waals surface area contributed by atoms with Crippen molar-refractivity contribution < 1.29 is 14.7 Å². The van der Waals surface area contributed by atoms with Crippen LogP contribution in [0.15, 0.2) is 18.2 Å². The van der Waals surface area contributed by atoms with Gasteiger partial charge in [0.1, 0.15) is 0 Å². The van der Waals surface area contributed by atoms with Gasteiger partial charge in [-0.15, -0.1) is 0 Å². The zero-order valence-electron chi connectivity index (χ0n) is 14.0. The van der Waals surface area contributed by atoms with Crippen molar-refractivity contribution in [1.82, 2.24) is 0 Å². The molecule has 1 aliphatic carbocycles. The number of carbonyl (C=O) groups is 2. The molecule has 0 spiro atoms. The monoisotopic (exact) mass is 382 g/mol. The number of carbonyl (C=O) groups excluding carboxylic acids is 1. The Kier molecular flexibility index (Phi) is 6.12. The number of aliphatic carboxylic acids is 1. The molecular formula is C18H23ClN2O3S. The van der Waals surface area contributed by atoms with Crippen molar-refractivity contribution in [2.24, 2.45) is 11.8 Å². The van der Waals surface area contributed by atoms with Crippen molar-refractivity contribution in [3.05, 3.63) is 23.2 Å². The van der Waals surface area contributed by atoms with Crippen LogP contribution in [0.3, 0.4) is 0 Å². The SMILES string of the molecule is O=C(O)C1CCC(C(=O)Nc2cc(Cl)ccc2N2CCSCC2)CC1. The van der Waals surface area contributed by atoms with Crippen molar-refractivity contribution in [1.29, 1.82) is 0 Å². The van der Waals surface area contributed by atoms with Gasteiger partial charge in [0.05, 0.1) is 17.3 Å². The molecular weight excluding hydrogens is 360 g/mol. The number of thioether (sulfide) groups is 1. The van der Waals surface area contributed by atoms with Gasteiger partial charge in [0.25, 0.3) is 0 Å². The zero-order valence-corrected chi connectivity index (χ0v) is 15.6. The maximum Gasteiger partial charge on any atom is 0.306 e. The summed E-state index contributed by atoms with van der Waals surface area (Å²) >= 11 is 8.08. The second kappa shape index (κ2) is 8.32. The summed E-state index contributed by atoms with van der Waals surface area (Å²) in [5, 5.41) is 12.7. The fourth-order valence-electron chi connectivity index (χ4n) is 3.53. The lowest BCUT2D eigenvalue weighted by Gasteiger charge is -2.31. The molecule has 136 valence electrons. The van der Waals surface area contributed by atoms with Gasteiger partial charge < -0.3 is 15.3 Å². The molecule has 2 fully saturated rings. The maximum absolute atomic E-state index is 12.7. The predicted molar refractivity (Wildman–Crippen MR) is 103 cm³/mol. The van der Waals surface area contributed by atoms with Crippen LogP contribution in [0.25, 0.3) is 0 Å². The van der Waals surface area contributed by atoms with Crippen LogP contribution in [0, 0.1) is 11.8 Å². The first-order chi connectivity index (χ1) is 12.0. The van der Waals surface area contributed by atoms with E-state index in [9.17, 15) is 9.59 Å². The molecule has 1 amide bonds. The van der Waals surface area contributed by atoms with Crippen LogP contribution >= 0.6 is 23.4 Å². The number of rotatable bonds is 4. The minimum absolute atomic E-state index is 0.0289. The highest BCUT2D eigenvalue weighted by molar-refractivity contribution is 7.99. The number of halogens is 1. The Morgan fingerprint density at radius 2 is 1.76 bits per heavy atom. The molecule has 7 heteroatoms. The Morgan fingerprint density at radius 3 is 2.40 bits per heavy atom. The highest BCUT2D eigenvalue weighted by atomic mass is 35.5. The first-order valence-electron chi connectivity index (χ1n) is 8.70. The molecule has 25 heavy (non-hydrogen) atoms. The first-order valence-corrected chi connectivity index (χ1v) is 10.2. The second-order valence-electron chi connectivity index (χ2n) is 6.64. The molecule has 3 rings (SSSR count). The molecule has 1 saturated heterocycles. The smallest absolute Gasteiger partial charge is 0.306 e. The molecule has 0 bridgehead atoms. The van der Waals surface area contributed by atoms with Gasteiger partial charge in [0, 0.05) is 35.5 Å². The molecule has 2 aliphatic rings. The second-order valence-corrected chi connectivity index (χ2v) is 8.30. The van der Waals surface area contributed by atoms with Crippen LogP contribution in [0.1, 0.15) is 25.7 Å². The van der Waals surface area contributed by atoms with Crippen molar-refractivity contribution in [2.45, 2.75) is 25.7 Å². The number of carboxylic acid groups (broad SMARTS) is 1. The van der Waals surface area contributed by atoms with E-state index >= 15 is 0 Å². The van der Waals surface area contributed by atoms with Gasteiger partial charge in [-0.25, -0.2) is 0 Å². The Hall–Kier alpha value is -1.40. The number of nitrogens with zero attached hydrogens (tertiary/aromatic N) is 1. The number of hydrogen-bond acceptors (Lipinski definition) is 4. The summed E-state index contributed by atoms with van der Waals surface area (Å²) in [6, 6.07) is 5.63. The summed E-state index contributed by atoms with van der Waals surface area (Å²) in [5.74, 6) is 0.943. The Labute approximate surface area is 157 Å². The summed E-state index contributed by atoms with van der Waals surface area (Å²) in [7, 11) is 0. The molecule has 0 radical (unpaired) electrons. The third-order valence-electron chi connectivity index (χ3n) is 5.02. The summed E-state index contributed by atoms with van der Waals surface area (Å²) in [6.07, 6.45) is 2.39. The summed E-state index contributed by atoms with van der Waals surface area (Å²) < 4.78 is 0. The minimum Gasteiger partial charge on any atom is -0.481 e. The predicted octanol–water partition coefficient (Wildman–Crippen LogP) is 3.72. The largest absolute Gasteiger partial charge is 0.481 e. The van der Waals surface area contributed by atoms with E-state index in [4.69, 9.17) is 16.7 Å². The highest BCUT2D eigenvalue weighted by Gasteiger charge is 2.30. The van der Waals surface area contributed by atoms with E-state index in [1.165, 1.54) is 0 Å². The topological polar surface area (TPSA) is 69.6 Å². The number of carboxylic acids is 1. The molecule has 5 nitrogen and oxygen atoms in total. The summed E-state index contributed by atoms with van der Waals surface area (Å²) in [6.45, 7) is 1.91. The van der Waals surface area contributed by atoms with E-state index in [1.54, 1.807) is 6.07 Å². The summed E-state index contributed by atoms with van der Waals surface area (Å²) in [5.41, 5.74) is 1.77. The quantitative estimate of drug-likeness (QED) is 0.830. The number of anilines is 2. The van der Waals surface area contributed by atoms with Crippen LogP contribution < -0.4 is 10.2 Å². The van der Waals surface area contributed by atoms with Crippen LogP contribution in [-0.4, -0.2) is 41.6 Å². The molecule has 2 N–H and O–H groups in total. The molecule has 0 aromatic heterocycles. The van der Waals surface area contributed by atoms with Gasteiger partial charge in [-0.2, -0.15) is 11.8 Å². The van der Waals surface area contributed by atoms with Crippen LogP contribution in [0.5, 0.6) is 0 Å². The van der Waals surface area contributed by atoms with Gasteiger partial charge in [-0.3, -0.25) is 9.59 Å². The standard InChI is InChI=1S/C18H23ClN2O3S/c19-14-5-6-16(21-7-9-25-10-8-21)15(11-14)20-17(22)12-1-3-13(4-2-12)18(23)24/h5-6,11-13H,1-4,7-10H2,(H,20,22)(H,23,24). The van der Waals surface area contributed by atoms with E-state index in [0.29, 0.717) is 30.7 Å². The third kappa shape index (κ3) is 4.61. The van der Waals surface area contributed by atoms with Gasteiger partial charge in [0.2, 0.25) is 5.91 Å². The molecule has 0 atom stereocenters. The van der Waals surface area contributed by atoms with E-state index in [1.807, 2.05) is 23.9 Å². The average molecular weight is 383 g/mol. The minimum atomic E-state index is -0.751. The normalized spacial score (nSPS) is 24.0. The fraction of sp³-hybridized carbons (Fsp3) is 0.556. The van der Waals surface area contributed by atoms with E-state index < -0.39 is 5.97 Å². The number of amides is 1. The Bertz CT molecular complexity index is 641. The van der Waals surface area contributed by atoms with Gasteiger partial charge >= 0.3 is 5.97 Å². The van der Waals surface area contributed by atoms with Crippen molar-refractivity contribution in [3.8, 4) is 0 Å². The van der Waals surface area contributed by atoms with Crippen LogP contribution in [0.4, 0.5) is 11.4 Å². The van der Waals surface area contributed by atoms with Crippen LogP contribution in [0.2, 0.25) is 5.02 Å². The van der Waals surface area contributed by atoms with E-state index in [2.05, 4.69) is 10.2 Å². The molecule has 1 saturated carbocycles. The van der Waals surface area contributed by atoms with Gasteiger partial charge in [-0.05, 0) is 43.9 Å². The van der Waals surface area contributed by atoms with Crippen LogP contribution in [-0.2, 0) is 9.59 Å². The molecule has 1 aromatic rings. The number of hydrogen-bond donors (Lipinski definition) is 2. The lowest BCUT2D eigenvalue weighted by molar-refractivity contribution is -0.143. The van der Waals surface area contributed by atoms with Gasteiger partial charge in [0.15, 0.2) is 0 Å². The molecule has 1 heterocycles. The third-order valence-corrected chi connectivity index (χ3v) is 6.19. The Balaban J connectivity index is 1.68. The average Bonchev–Trinajstić information content (AvgIpc) is 2.62. The van der Waals surface area contributed by atoms with Crippen molar-refractivity contribution in [3.63, 3.8) is 0 Å². The fourth-order valence-corrected chi connectivity index (χ4v) is 4.60. The molecule has 1 aliphatic heterocycles. The van der Waals surface area contributed by atoms with E-state index in [-0.39, 0.29) is 17.7 Å². The Morgan fingerprint density at radius 1 is 1.12 bits per heavy atom. The number of nitrogens with one attached hydrogen (secondary N) is 1. The first kappa shape index (κ1) is 18.4. The lowest BCUT2D eigenvalue weighted by atomic mass is 9.81. The maximum atomic E-state index is 12.7. The van der Waals surface area contributed by atoms with Crippen molar-refractivity contribution >= 4 is 46.6 Å². The molecule has 0 unspecified atom stereocenters. The summed E-state index contributed by atoms with van der Waals surface area (Å²) in [4.78, 5) is 26.0. The molecule has 1 aromatic carbocycles. The zero-order chi connectivity index (χ0) is 17.8. The lowest BCUT2D eigenvalue weighted by Crippen LogP contribution is -2.34.